The molecule has 0 bridgehead atoms. The van der Waals surface area contributed by atoms with E-state index >= 15 is 0 Å². The number of ether oxygens (including phenoxy) is 2. The zero-order valence-electron chi connectivity index (χ0n) is 16.4. The number of nitrogens with one attached hydrogen (secondary N) is 2. The summed E-state index contributed by atoms with van der Waals surface area (Å²) in [6, 6.07) is 12.7. The van der Waals surface area contributed by atoms with Crippen LogP contribution < -0.4 is 20.2 Å². The van der Waals surface area contributed by atoms with E-state index in [-0.39, 0.29) is 6.54 Å². The van der Waals surface area contributed by atoms with Crippen LogP contribution in [0.4, 0.5) is 0 Å². The highest BCUT2D eigenvalue weighted by molar-refractivity contribution is 6.00. The van der Waals surface area contributed by atoms with E-state index in [4.69, 9.17) is 9.47 Å². The average molecular weight is 394 g/mol. The lowest BCUT2D eigenvalue weighted by Gasteiger charge is -2.09. The zero-order valence-corrected chi connectivity index (χ0v) is 16.4. The van der Waals surface area contributed by atoms with Gasteiger partial charge in [0.2, 0.25) is 0 Å². The molecule has 0 aliphatic carbocycles. The maximum absolute atomic E-state index is 12.2. The molecule has 1 aromatic heterocycles. The summed E-state index contributed by atoms with van der Waals surface area (Å²) in [5, 5.41) is 7.56. The molecule has 8 heteroatoms. The predicted molar refractivity (Wildman–Crippen MR) is 111 cm³/mol. The molecule has 0 radical (unpaired) electrons. The Morgan fingerprint density at radius 3 is 2.62 bits per heavy atom. The number of carbonyl (C=O) groups is 2. The number of fused-ring (bicyclic) bond motifs is 1. The highest BCUT2D eigenvalue weighted by atomic mass is 16.5. The number of hydrazone groups is 1. The van der Waals surface area contributed by atoms with E-state index in [1.807, 2.05) is 42.1 Å². The van der Waals surface area contributed by atoms with Crippen molar-refractivity contribution in [1.29, 1.82) is 0 Å². The van der Waals surface area contributed by atoms with E-state index in [1.165, 1.54) is 14.2 Å². The van der Waals surface area contributed by atoms with E-state index in [0.29, 0.717) is 17.1 Å². The number of amides is 2. The van der Waals surface area contributed by atoms with Gasteiger partial charge in [-0.05, 0) is 24.3 Å². The molecule has 2 amide bonds. The fraction of sp³-hybridized carbons (Fsp3) is 0.190. The van der Waals surface area contributed by atoms with Gasteiger partial charge in [0.15, 0.2) is 11.5 Å². The highest BCUT2D eigenvalue weighted by Crippen LogP contribution is 2.27. The molecule has 2 N–H and O–H groups in total. The van der Waals surface area contributed by atoms with Crippen LogP contribution in [0.1, 0.15) is 15.9 Å². The lowest BCUT2D eigenvalue weighted by molar-refractivity contribution is -0.120. The molecule has 1 heterocycles. The maximum Gasteiger partial charge on any atom is 0.259 e. The number of methoxy groups -OCH3 is 2. The summed E-state index contributed by atoms with van der Waals surface area (Å²) in [5.41, 5.74) is 4.73. The smallest absolute Gasteiger partial charge is 0.259 e. The summed E-state index contributed by atoms with van der Waals surface area (Å²) in [5.74, 6) is 0.114. The molecular weight excluding hydrogens is 372 g/mol. The lowest BCUT2D eigenvalue weighted by atomic mass is 10.2. The minimum Gasteiger partial charge on any atom is -0.493 e. The molecule has 0 aliphatic heterocycles. The van der Waals surface area contributed by atoms with Crippen molar-refractivity contribution in [1.82, 2.24) is 15.3 Å². The van der Waals surface area contributed by atoms with Crippen LogP contribution in [-0.2, 0) is 11.8 Å². The van der Waals surface area contributed by atoms with Gasteiger partial charge in [0.25, 0.3) is 11.8 Å². The molecule has 0 unspecified atom stereocenters. The maximum atomic E-state index is 12.2. The summed E-state index contributed by atoms with van der Waals surface area (Å²) >= 11 is 0. The summed E-state index contributed by atoms with van der Waals surface area (Å²) < 4.78 is 12.3. The first kappa shape index (κ1) is 19.9. The van der Waals surface area contributed by atoms with E-state index in [1.54, 1.807) is 24.4 Å². The molecule has 8 nitrogen and oxygen atoms in total. The van der Waals surface area contributed by atoms with Gasteiger partial charge in [0.1, 0.15) is 0 Å². The second kappa shape index (κ2) is 8.92. The van der Waals surface area contributed by atoms with Gasteiger partial charge in [0.05, 0.1) is 27.0 Å². The zero-order chi connectivity index (χ0) is 20.8. The third-order valence-electron chi connectivity index (χ3n) is 4.38. The van der Waals surface area contributed by atoms with Crippen LogP contribution in [0.15, 0.2) is 53.8 Å². The molecule has 29 heavy (non-hydrogen) atoms. The molecule has 0 atom stereocenters. The molecule has 3 rings (SSSR count). The van der Waals surface area contributed by atoms with Crippen LogP contribution >= 0.6 is 0 Å². The van der Waals surface area contributed by atoms with Gasteiger partial charge in [-0.15, -0.1) is 0 Å². The normalized spacial score (nSPS) is 10.9. The number of aryl methyl sites for hydroxylation is 1. The summed E-state index contributed by atoms with van der Waals surface area (Å²) in [4.78, 5) is 24.2. The fourth-order valence-corrected chi connectivity index (χ4v) is 2.93. The molecule has 150 valence electrons. The van der Waals surface area contributed by atoms with Crippen molar-refractivity contribution in [2.45, 2.75) is 0 Å². The van der Waals surface area contributed by atoms with E-state index in [2.05, 4.69) is 15.8 Å². The Morgan fingerprint density at radius 1 is 1.10 bits per heavy atom. The van der Waals surface area contributed by atoms with Crippen molar-refractivity contribution in [3.8, 4) is 11.5 Å². The van der Waals surface area contributed by atoms with Gasteiger partial charge in [-0.25, -0.2) is 5.43 Å². The SMILES string of the molecule is COc1ccc(C(=O)NCC(=O)NN=Cc2cn(C)c3ccccc23)cc1OC. The second-order valence-corrected chi connectivity index (χ2v) is 6.26. The molecule has 0 aliphatic rings. The summed E-state index contributed by atoms with van der Waals surface area (Å²) in [6.45, 7) is -0.208. The molecule has 3 aromatic rings. The number of nitrogens with zero attached hydrogens (tertiary/aromatic N) is 2. The van der Waals surface area contributed by atoms with Crippen LogP contribution in [0.25, 0.3) is 10.9 Å². The molecule has 0 fully saturated rings. The Labute approximate surface area is 168 Å². The Balaban J connectivity index is 1.56. The topological polar surface area (TPSA) is 94.0 Å². The predicted octanol–water partition coefficient (Wildman–Crippen LogP) is 2.08. The van der Waals surface area contributed by atoms with Crippen molar-refractivity contribution in [3.63, 3.8) is 0 Å². The standard InChI is InChI=1S/C21H22N4O4/c1-25-13-15(16-6-4-5-7-17(16)25)11-23-24-20(26)12-22-21(27)14-8-9-18(28-2)19(10-14)29-3/h4-11,13H,12H2,1-3H3,(H,22,27)(H,24,26). The first-order valence-electron chi connectivity index (χ1n) is 8.89. The number of para-hydroxylation sites is 1. The van der Waals surface area contributed by atoms with Gasteiger partial charge in [-0.3, -0.25) is 9.59 Å². The van der Waals surface area contributed by atoms with Crippen LogP contribution in [0.5, 0.6) is 11.5 Å². The Kier molecular flexibility index (Phi) is 6.13. The fourth-order valence-electron chi connectivity index (χ4n) is 2.93. The molecule has 0 saturated heterocycles. The number of benzene rings is 2. The molecule has 2 aromatic carbocycles. The number of hydrogen-bond donors (Lipinski definition) is 2. The van der Waals surface area contributed by atoms with Gasteiger partial charge in [0, 0.05) is 35.3 Å². The first-order valence-corrected chi connectivity index (χ1v) is 8.89. The van der Waals surface area contributed by atoms with Gasteiger partial charge < -0.3 is 19.4 Å². The Morgan fingerprint density at radius 2 is 1.86 bits per heavy atom. The molecular formula is C21H22N4O4. The average Bonchev–Trinajstić information content (AvgIpc) is 3.07. The largest absolute Gasteiger partial charge is 0.493 e. The van der Waals surface area contributed by atoms with Crippen molar-refractivity contribution in [3.05, 3.63) is 59.8 Å². The Bertz CT molecular complexity index is 1070. The first-order chi connectivity index (χ1) is 14.0. The Hall–Kier alpha value is -3.81. The van der Waals surface area contributed by atoms with Crippen LogP contribution in [0.2, 0.25) is 0 Å². The van der Waals surface area contributed by atoms with Gasteiger partial charge in [-0.1, -0.05) is 18.2 Å². The lowest BCUT2D eigenvalue weighted by Crippen LogP contribution is -2.34. The van der Waals surface area contributed by atoms with E-state index in [9.17, 15) is 9.59 Å². The quantitative estimate of drug-likeness (QED) is 0.474. The third-order valence-corrected chi connectivity index (χ3v) is 4.38. The van der Waals surface area contributed by atoms with Gasteiger partial charge in [-0.2, -0.15) is 5.10 Å². The van der Waals surface area contributed by atoms with Crippen molar-refractivity contribution in [2.75, 3.05) is 20.8 Å². The summed E-state index contributed by atoms with van der Waals surface area (Å²) in [7, 11) is 4.95. The summed E-state index contributed by atoms with van der Waals surface area (Å²) in [6.07, 6.45) is 3.51. The minimum atomic E-state index is -0.435. The van der Waals surface area contributed by atoms with E-state index < -0.39 is 11.8 Å². The monoisotopic (exact) mass is 394 g/mol. The number of carbonyl (C=O) groups excluding carboxylic acids is 2. The molecule has 0 saturated carbocycles. The van der Waals surface area contributed by atoms with Crippen LogP contribution in [0, 0.1) is 0 Å². The highest BCUT2D eigenvalue weighted by Gasteiger charge is 2.12. The number of rotatable bonds is 7. The van der Waals surface area contributed by atoms with Crippen LogP contribution in [0.3, 0.4) is 0 Å². The minimum absolute atomic E-state index is 0.208. The second-order valence-electron chi connectivity index (χ2n) is 6.26. The van der Waals surface area contributed by atoms with Crippen molar-refractivity contribution in [2.24, 2.45) is 12.1 Å². The van der Waals surface area contributed by atoms with Crippen molar-refractivity contribution >= 4 is 28.9 Å². The molecule has 0 spiro atoms. The van der Waals surface area contributed by atoms with E-state index in [0.717, 1.165) is 16.5 Å². The van der Waals surface area contributed by atoms with Gasteiger partial charge >= 0.3 is 0 Å². The third kappa shape index (κ3) is 4.55. The van der Waals surface area contributed by atoms with Crippen molar-refractivity contribution < 1.29 is 19.1 Å². The number of aromatic nitrogens is 1. The number of hydrogen-bond acceptors (Lipinski definition) is 5. The van der Waals surface area contributed by atoms with Crippen LogP contribution in [-0.4, -0.2) is 43.4 Å².